The van der Waals surface area contributed by atoms with E-state index in [1.807, 2.05) is 11.8 Å². The third-order valence-corrected chi connectivity index (χ3v) is 5.17. The van der Waals surface area contributed by atoms with Crippen LogP contribution in [0.2, 0.25) is 0 Å². The molecule has 1 saturated carbocycles. The van der Waals surface area contributed by atoms with E-state index in [0.717, 1.165) is 16.6 Å². The predicted molar refractivity (Wildman–Crippen MR) is 79.0 cm³/mol. The van der Waals surface area contributed by atoms with Crippen molar-refractivity contribution in [2.24, 2.45) is 11.7 Å². The van der Waals surface area contributed by atoms with Crippen molar-refractivity contribution >= 4 is 11.8 Å². The van der Waals surface area contributed by atoms with Crippen LogP contribution in [0.5, 0.6) is 0 Å². The quantitative estimate of drug-likeness (QED) is 0.905. The van der Waals surface area contributed by atoms with Crippen molar-refractivity contribution in [1.82, 2.24) is 4.98 Å². The molecule has 0 radical (unpaired) electrons. The summed E-state index contributed by atoms with van der Waals surface area (Å²) in [6, 6.07) is 4.64. The Kier molecular flexibility index (Phi) is 4.68. The predicted octanol–water partition coefficient (Wildman–Crippen LogP) is 3.70. The van der Waals surface area contributed by atoms with Gasteiger partial charge in [-0.2, -0.15) is 0 Å². The van der Waals surface area contributed by atoms with E-state index in [4.69, 9.17) is 5.73 Å². The molecule has 1 aliphatic rings. The van der Waals surface area contributed by atoms with E-state index in [-0.39, 0.29) is 0 Å². The fourth-order valence-electron chi connectivity index (χ4n) is 2.76. The van der Waals surface area contributed by atoms with Gasteiger partial charge in [0.2, 0.25) is 0 Å². The van der Waals surface area contributed by atoms with Crippen molar-refractivity contribution < 1.29 is 0 Å². The van der Waals surface area contributed by atoms with Gasteiger partial charge >= 0.3 is 0 Å². The Hall–Kier alpha value is -0.540. The zero-order valence-electron chi connectivity index (χ0n) is 11.6. The minimum atomic E-state index is 0.334. The van der Waals surface area contributed by atoms with E-state index >= 15 is 0 Å². The van der Waals surface area contributed by atoms with Crippen LogP contribution in [0.15, 0.2) is 17.2 Å². The summed E-state index contributed by atoms with van der Waals surface area (Å²) >= 11 is 1.88. The second-order valence-electron chi connectivity index (χ2n) is 5.53. The summed E-state index contributed by atoms with van der Waals surface area (Å²) in [6.07, 6.45) is 5.00. The van der Waals surface area contributed by atoms with Crippen LogP contribution in [0.1, 0.15) is 43.9 Å². The number of aryl methyl sites for hydroxylation is 2. The van der Waals surface area contributed by atoms with Gasteiger partial charge in [-0.25, -0.2) is 4.98 Å². The van der Waals surface area contributed by atoms with Crippen molar-refractivity contribution in [2.75, 3.05) is 0 Å². The molecule has 0 aromatic carbocycles. The van der Waals surface area contributed by atoms with Crippen LogP contribution in [0.25, 0.3) is 0 Å². The maximum atomic E-state index is 6.27. The first-order valence-corrected chi connectivity index (χ1v) is 7.84. The van der Waals surface area contributed by atoms with Gasteiger partial charge in [-0.1, -0.05) is 13.3 Å². The number of hydrogen-bond donors (Lipinski definition) is 1. The van der Waals surface area contributed by atoms with Gasteiger partial charge in [0.25, 0.3) is 0 Å². The molecule has 0 bridgehead atoms. The minimum absolute atomic E-state index is 0.334. The minimum Gasteiger partial charge on any atom is -0.327 e. The maximum Gasteiger partial charge on any atom is 0.0968 e. The Morgan fingerprint density at radius 1 is 1.33 bits per heavy atom. The molecule has 18 heavy (non-hydrogen) atoms. The summed E-state index contributed by atoms with van der Waals surface area (Å²) < 4.78 is 0. The zero-order chi connectivity index (χ0) is 13.1. The molecule has 0 aliphatic heterocycles. The number of hydrogen-bond acceptors (Lipinski definition) is 3. The van der Waals surface area contributed by atoms with Crippen LogP contribution in [0, 0.1) is 19.8 Å². The highest BCUT2D eigenvalue weighted by Crippen LogP contribution is 2.36. The first-order valence-electron chi connectivity index (χ1n) is 6.96. The van der Waals surface area contributed by atoms with Crippen molar-refractivity contribution in [3.8, 4) is 0 Å². The molecule has 3 unspecified atom stereocenters. The zero-order valence-corrected chi connectivity index (χ0v) is 12.5. The average Bonchev–Trinajstić information content (AvgIpc) is 2.30. The monoisotopic (exact) mass is 264 g/mol. The summed E-state index contributed by atoms with van der Waals surface area (Å²) in [5.74, 6) is 0.855. The number of rotatable bonds is 3. The molecule has 1 heterocycles. The number of nitrogens with two attached hydrogens (primary N) is 1. The standard InChI is InChI=1S/C15H24N2S/c1-4-12-5-6-13(16)14(9-12)18-15-8-10(2)7-11(3)17-15/h7-8,12-14H,4-6,9,16H2,1-3H3. The maximum absolute atomic E-state index is 6.27. The second kappa shape index (κ2) is 6.07. The third kappa shape index (κ3) is 3.48. The van der Waals surface area contributed by atoms with Crippen LogP contribution >= 0.6 is 11.8 Å². The molecule has 1 fully saturated rings. The van der Waals surface area contributed by atoms with Gasteiger partial charge in [0.05, 0.1) is 5.03 Å². The molecule has 1 aliphatic carbocycles. The largest absolute Gasteiger partial charge is 0.327 e. The molecule has 0 saturated heterocycles. The average molecular weight is 264 g/mol. The van der Waals surface area contributed by atoms with Gasteiger partial charge in [0.1, 0.15) is 0 Å². The topological polar surface area (TPSA) is 38.9 Å². The first kappa shape index (κ1) is 13.9. The fourth-order valence-corrected chi connectivity index (χ4v) is 4.20. The van der Waals surface area contributed by atoms with Crippen molar-refractivity contribution in [2.45, 2.75) is 62.8 Å². The SMILES string of the molecule is CCC1CCC(N)C(Sc2cc(C)cc(C)n2)C1. The molecule has 2 rings (SSSR count). The highest BCUT2D eigenvalue weighted by Gasteiger charge is 2.28. The lowest BCUT2D eigenvalue weighted by Crippen LogP contribution is -2.38. The van der Waals surface area contributed by atoms with E-state index in [0.29, 0.717) is 11.3 Å². The highest BCUT2D eigenvalue weighted by molar-refractivity contribution is 7.99. The van der Waals surface area contributed by atoms with E-state index in [1.54, 1.807) is 0 Å². The molecular weight excluding hydrogens is 240 g/mol. The van der Waals surface area contributed by atoms with Crippen LogP contribution in [-0.4, -0.2) is 16.3 Å². The summed E-state index contributed by atoms with van der Waals surface area (Å²) in [7, 11) is 0. The third-order valence-electron chi connectivity index (χ3n) is 3.88. The summed E-state index contributed by atoms with van der Waals surface area (Å²) in [5.41, 5.74) is 8.67. The molecule has 0 amide bonds. The molecule has 3 heteroatoms. The number of thioether (sulfide) groups is 1. The van der Waals surface area contributed by atoms with Gasteiger partial charge < -0.3 is 5.73 Å². The smallest absolute Gasteiger partial charge is 0.0968 e. The molecule has 2 nitrogen and oxygen atoms in total. The van der Waals surface area contributed by atoms with Crippen LogP contribution in [0.4, 0.5) is 0 Å². The lowest BCUT2D eigenvalue weighted by molar-refractivity contribution is 0.327. The molecule has 1 aromatic heterocycles. The molecule has 3 atom stereocenters. The Morgan fingerprint density at radius 3 is 2.78 bits per heavy atom. The molecule has 100 valence electrons. The fraction of sp³-hybridized carbons (Fsp3) is 0.667. The number of aromatic nitrogens is 1. The van der Waals surface area contributed by atoms with E-state index in [9.17, 15) is 0 Å². The van der Waals surface area contributed by atoms with Crippen LogP contribution < -0.4 is 5.73 Å². The normalized spacial score (nSPS) is 28.3. The Balaban J connectivity index is 2.06. The lowest BCUT2D eigenvalue weighted by atomic mass is 9.84. The number of pyridine rings is 1. The highest BCUT2D eigenvalue weighted by atomic mass is 32.2. The van der Waals surface area contributed by atoms with Gasteiger partial charge in [0.15, 0.2) is 0 Å². The van der Waals surface area contributed by atoms with Gasteiger partial charge in [-0.3, -0.25) is 0 Å². The number of nitrogens with zero attached hydrogens (tertiary/aromatic N) is 1. The summed E-state index contributed by atoms with van der Waals surface area (Å²) in [5, 5.41) is 1.68. The Morgan fingerprint density at radius 2 is 2.11 bits per heavy atom. The van der Waals surface area contributed by atoms with Gasteiger partial charge in [-0.15, -0.1) is 11.8 Å². The molecule has 2 N–H and O–H groups in total. The Bertz CT molecular complexity index is 385. The van der Waals surface area contributed by atoms with E-state index in [2.05, 4.69) is 37.9 Å². The van der Waals surface area contributed by atoms with Crippen LogP contribution in [0.3, 0.4) is 0 Å². The van der Waals surface area contributed by atoms with Crippen molar-refractivity contribution in [1.29, 1.82) is 0 Å². The summed E-state index contributed by atoms with van der Waals surface area (Å²) in [6.45, 7) is 6.49. The molecular formula is C15H24N2S. The Labute approximate surface area is 115 Å². The lowest BCUT2D eigenvalue weighted by Gasteiger charge is -2.33. The van der Waals surface area contributed by atoms with Crippen LogP contribution in [-0.2, 0) is 0 Å². The van der Waals surface area contributed by atoms with Crippen molar-refractivity contribution in [3.63, 3.8) is 0 Å². The summed E-state index contributed by atoms with van der Waals surface area (Å²) in [4.78, 5) is 4.62. The van der Waals surface area contributed by atoms with E-state index < -0.39 is 0 Å². The molecule has 1 aromatic rings. The van der Waals surface area contributed by atoms with Gasteiger partial charge in [-0.05, 0) is 56.7 Å². The second-order valence-corrected chi connectivity index (χ2v) is 6.79. The molecule has 0 spiro atoms. The first-order chi connectivity index (χ1) is 8.58. The van der Waals surface area contributed by atoms with E-state index in [1.165, 1.54) is 31.2 Å². The van der Waals surface area contributed by atoms with Gasteiger partial charge in [0, 0.05) is 17.0 Å². The van der Waals surface area contributed by atoms with Crippen molar-refractivity contribution in [3.05, 3.63) is 23.4 Å².